The number of nitrogens with one attached hydrogen (secondary N) is 3. The summed E-state index contributed by atoms with van der Waals surface area (Å²) in [6, 6.07) is 9.29. The summed E-state index contributed by atoms with van der Waals surface area (Å²) in [6.45, 7) is 7.39. The molecule has 1 atom stereocenters. The molecule has 4 rings (SSSR count). The van der Waals surface area contributed by atoms with Crippen LogP contribution in [0.5, 0.6) is 0 Å². The first-order valence-corrected chi connectivity index (χ1v) is 11.7. The molecule has 3 aromatic heterocycles. The largest absolute Gasteiger partial charge is 0.418 e. The first-order chi connectivity index (χ1) is 18.0. The second-order valence-corrected chi connectivity index (χ2v) is 8.97. The fraction of sp³-hybridized carbons (Fsp3) is 0.269. The molecule has 0 unspecified atom stereocenters. The lowest BCUT2D eigenvalue weighted by Gasteiger charge is -2.16. The fourth-order valence-corrected chi connectivity index (χ4v) is 3.95. The van der Waals surface area contributed by atoms with Crippen LogP contribution in [0.25, 0.3) is 22.4 Å². The maximum atomic E-state index is 13.0. The Hall–Kier alpha value is -4.32. The molecule has 198 valence electrons. The van der Waals surface area contributed by atoms with Crippen molar-refractivity contribution in [2.75, 3.05) is 17.2 Å². The van der Waals surface area contributed by atoms with Gasteiger partial charge in [-0.05, 0) is 74.7 Å². The number of halogens is 3. The van der Waals surface area contributed by atoms with Gasteiger partial charge >= 0.3 is 6.18 Å². The van der Waals surface area contributed by atoms with E-state index < -0.39 is 23.3 Å². The number of amides is 1. The molecule has 0 aliphatic heterocycles. The third-order valence-electron chi connectivity index (χ3n) is 5.90. The van der Waals surface area contributed by atoms with Crippen molar-refractivity contribution in [2.24, 2.45) is 0 Å². The molecular weight excluding hydrogens is 499 g/mol. The number of rotatable bonds is 7. The van der Waals surface area contributed by atoms with Crippen LogP contribution in [0.3, 0.4) is 0 Å². The van der Waals surface area contributed by atoms with Crippen molar-refractivity contribution < 1.29 is 23.1 Å². The maximum Gasteiger partial charge on any atom is 0.418 e. The van der Waals surface area contributed by atoms with E-state index in [9.17, 15) is 23.1 Å². The molecule has 0 aliphatic rings. The van der Waals surface area contributed by atoms with Gasteiger partial charge < -0.3 is 15.7 Å². The van der Waals surface area contributed by atoms with Crippen LogP contribution in [0.1, 0.15) is 39.9 Å². The molecule has 1 aromatic carbocycles. The molecule has 1 amide bonds. The number of nitrogens with zero attached hydrogens (tertiary/aromatic N) is 4. The molecule has 0 spiro atoms. The van der Waals surface area contributed by atoms with Gasteiger partial charge in [-0.25, -0.2) is 4.98 Å². The van der Waals surface area contributed by atoms with Crippen LogP contribution in [-0.4, -0.2) is 49.0 Å². The van der Waals surface area contributed by atoms with Crippen molar-refractivity contribution >= 4 is 17.4 Å². The number of hydrogen-bond donors (Lipinski definition) is 4. The Morgan fingerprint density at radius 2 is 1.89 bits per heavy atom. The topological polar surface area (TPSA) is 129 Å². The third kappa shape index (κ3) is 5.80. The number of pyridine rings is 1. The predicted molar refractivity (Wildman–Crippen MR) is 137 cm³/mol. The highest BCUT2D eigenvalue weighted by molar-refractivity contribution is 6.03. The molecule has 3 heterocycles. The zero-order chi connectivity index (χ0) is 27.6. The Labute approximate surface area is 216 Å². The number of aliphatic hydroxyl groups is 1. The van der Waals surface area contributed by atoms with Gasteiger partial charge in [0, 0.05) is 23.0 Å². The molecule has 0 saturated carbocycles. The number of hydrogen-bond acceptors (Lipinski definition) is 7. The minimum absolute atomic E-state index is 0.0933. The van der Waals surface area contributed by atoms with Gasteiger partial charge in [-0.2, -0.15) is 23.4 Å². The van der Waals surface area contributed by atoms with Crippen LogP contribution in [0.2, 0.25) is 0 Å². The quantitative estimate of drug-likeness (QED) is 0.270. The van der Waals surface area contributed by atoms with Crippen molar-refractivity contribution in [3.63, 3.8) is 0 Å². The highest BCUT2D eigenvalue weighted by Crippen LogP contribution is 2.34. The van der Waals surface area contributed by atoms with E-state index in [-0.39, 0.29) is 12.6 Å². The molecule has 4 N–H and O–H groups in total. The molecule has 0 fully saturated rings. The van der Waals surface area contributed by atoms with Crippen LogP contribution >= 0.6 is 0 Å². The van der Waals surface area contributed by atoms with E-state index in [1.54, 1.807) is 18.2 Å². The zero-order valence-electron chi connectivity index (χ0n) is 21.1. The van der Waals surface area contributed by atoms with Crippen molar-refractivity contribution in [3.8, 4) is 22.4 Å². The lowest BCUT2D eigenvalue weighted by atomic mass is 9.98. The summed E-state index contributed by atoms with van der Waals surface area (Å²) >= 11 is 0. The van der Waals surface area contributed by atoms with Crippen LogP contribution in [0.15, 0.2) is 42.6 Å². The maximum absolute atomic E-state index is 13.0. The molecule has 38 heavy (non-hydrogen) atoms. The van der Waals surface area contributed by atoms with E-state index in [1.807, 2.05) is 39.8 Å². The number of alkyl halides is 3. The smallest absolute Gasteiger partial charge is 0.394 e. The second-order valence-electron chi connectivity index (χ2n) is 8.97. The highest BCUT2D eigenvalue weighted by Gasteiger charge is 2.32. The van der Waals surface area contributed by atoms with E-state index in [0.29, 0.717) is 29.5 Å². The van der Waals surface area contributed by atoms with E-state index >= 15 is 0 Å². The highest BCUT2D eigenvalue weighted by atomic mass is 19.4. The van der Waals surface area contributed by atoms with Gasteiger partial charge in [0.05, 0.1) is 29.8 Å². The number of aryl methyl sites for hydroxylation is 3. The Morgan fingerprint density at radius 3 is 2.55 bits per heavy atom. The minimum atomic E-state index is -4.65. The first kappa shape index (κ1) is 26.7. The molecule has 0 aliphatic carbocycles. The van der Waals surface area contributed by atoms with Crippen LogP contribution in [0, 0.1) is 20.8 Å². The number of aromatic nitrogens is 5. The van der Waals surface area contributed by atoms with Gasteiger partial charge in [-0.1, -0.05) is 6.07 Å². The number of benzene rings is 1. The molecular formula is C26H26F3N7O2. The summed E-state index contributed by atoms with van der Waals surface area (Å²) in [5.74, 6) is -0.287. The van der Waals surface area contributed by atoms with Crippen LogP contribution in [0.4, 0.5) is 24.7 Å². The number of anilines is 2. The van der Waals surface area contributed by atoms with Gasteiger partial charge in [-0.3, -0.25) is 9.89 Å². The summed E-state index contributed by atoms with van der Waals surface area (Å²) < 4.78 is 39.1. The van der Waals surface area contributed by atoms with Crippen molar-refractivity contribution in [1.29, 1.82) is 0 Å². The average Bonchev–Trinajstić information content (AvgIpc) is 3.22. The summed E-state index contributed by atoms with van der Waals surface area (Å²) in [5, 5.41) is 29.4. The molecule has 0 saturated heterocycles. The van der Waals surface area contributed by atoms with Crippen molar-refractivity contribution in [3.05, 3.63) is 70.8 Å². The number of aromatic amines is 1. The molecule has 9 nitrogen and oxygen atoms in total. The predicted octanol–water partition coefficient (Wildman–Crippen LogP) is 4.92. The average molecular weight is 526 g/mol. The normalized spacial score (nSPS) is 12.3. The SMILES string of the molecule is Cc1ccc(NC(=O)c2cc(C(F)(F)F)cnn2)cc1-c1cc(N[C@H](C)CO)nc(-c2c(C)n[nH]c2C)c1. The first-order valence-electron chi connectivity index (χ1n) is 11.7. The van der Waals surface area contributed by atoms with Gasteiger partial charge in [-0.15, -0.1) is 5.10 Å². The van der Waals surface area contributed by atoms with Crippen LogP contribution < -0.4 is 10.6 Å². The van der Waals surface area contributed by atoms with E-state index in [0.717, 1.165) is 33.6 Å². The van der Waals surface area contributed by atoms with Crippen molar-refractivity contribution in [2.45, 2.75) is 39.9 Å². The van der Waals surface area contributed by atoms with Gasteiger partial charge in [0.2, 0.25) is 0 Å². The third-order valence-corrected chi connectivity index (χ3v) is 5.90. The van der Waals surface area contributed by atoms with Gasteiger partial charge in [0.25, 0.3) is 5.91 Å². The summed E-state index contributed by atoms with van der Waals surface area (Å²) in [5.41, 5.74) is 4.39. The lowest BCUT2D eigenvalue weighted by Crippen LogP contribution is -2.20. The van der Waals surface area contributed by atoms with Crippen molar-refractivity contribution in [1.82, 2.24) is 25.4 Å². The number of carbonyl (C=O) groups is 1. The Balaban J connectivity index is 1.73. The fourth-order valence-electron chi connectivity index (χ4n) is 3.95. The summed E-state index contributed by atoms with van der Waals surface area (Å²) in [4.78, 5) is 17.4. The molecule has 0 radical (unpaired) electrons. The standard InChI is InChI=1S/C26H26F3N7O2/c1-13-5-6-19(32-25(38)22-9-18(11-30-36-22)26(27,28)29)10-20(13)17-7-21(24-15(3)34-35-16(24)4)33-23(8-17)31-14(2)12-37/h5-11,14,37H,12H2,1-4H3,(H,31,33)(H,32,38)(H,34,35)/t14-/m1/s1. The summed E-state index contributed by atoms with van der Waals surface area (Å²) in [7, 11) is 0. The number of H-pyrrole nitrogens is 1. The lowest BCUT2D eigenvalue weighted by molar-refractivity contribution is -0.137. The number of carbonyl (C=O) groups excluding carboxylic acids is 1. The van der Waals surface area contributed by atoms with Gasteiger partial charge in [0.1, 0.15) is 5.82 Å². The van der Waals surface area contributed by atoms with Crippen LogP contribution in [-0.2, 0) is 6.18 Å². The summed E-state index contributed by atoms with van der Waals surface area (Å²) in [6.07, 6.45) is -4.08. The molecule has 0 bridgehead atoms. The van der Waals surface area contributed by atoms with Gasteiger partial charge in [0.15, 0.2) is 5.69 Å². The zero-order valence-corrected chi connectivity index (χ0v) is 21.1. The molecule has 4 aromatic rings. The van der Waals surface area contributed by atoms with E-state index in [1.165, 1.54) is 0 Å². The Kier molecular flexibility index (Phi) is 7.44. The second kappa shape index (κ2) is 10.6. The number of aliphatic hydroxyl groups excluding tert-OH is 1. The monoisotopic (exact) mass is 525 g/mol. The molecule has 12 heteroatoms. The van der Waals surface area contributed by atoms with E-state index in [4.69, 9.17) is 4.98 Å². The Bertz CT molecular complexity index is 1460. The minimum Gasteiger partial charge on any atom is -0.394 e. The Morgan fingerprint density at radius 1 is 1.13 bits per heavy atom. The van der Waals surface area contributed by atoms with E-state index in [2.05, 4.69) is 31.0 Å².